The standard InChI is InChI=1S/C30H34N2O3/c33-30(15-18-31-16-7-2-8-17-31)32(22-24-13-14-28-29(21-24)35-20-19-34-28)23-26-11-5-6-12-27(26)25-9-3-1-4-10-25/h1,3-6,9-14,21H,2,7-8,15-20,22-23H2. The van der Waals surface area contributed by atoms with Crippen molar-refractivity contribution < 1.29 is 14.3 Å². The number of hydrogen-bond acceptors (Lipinski definition) is 4. The van der Waals surface area contributed by atoms with Gasteiger partial charge in [0.05, 0.1) is 0 Å². The van der Waals surface area contributed by atoms with Crippen molar-refractivity contribution in [3.8, 4) is 22.6 Å². The summed E-state index contributed by atoms with van der Waals surface area (Å²) in [7, 11) is 0. The number of nitrogens with zero attached hydrogens (tertiary/aromatic N) is 2. The number of piperidine rings is 1. The normalized spacial score (nSPS) is 15.5. The molecule has 5 nitrogen and oxygen atoms in total. The number of hydrogen-bond donors (Lipinski definition) is 0. The van der Waals surface area contributed by atoms with Crippen LogP contribution >= 0.6 is 0 Å². The van der Waals surface area contributed by atoms with Gasteiger partial charge >= 0.3 is 0 Å². The smallest absolute Gasteiger partial charge is 0.224 e. The predicted octanol–water partition coefficient (Wildman–Crippen LogP) is 5.53. The number of amides is 1. The van der Waals surface area contributed by atoms with Crippen LogP contribution in [0.15, 0.2) is 72.8 Å². The maximum atomic E-state index is 13.6. The third kappa shape index (κ3) is 6.04. The molecule has 2 heterocycles. The Morgan fingerprint density at radius 2 is 1.54 bits per heavy atom. The first-order valence-corrected chi connectivity index (χ1v) is 12.8. The molecule has 0 aliphatic carbocycles. The molecular weight excluding hydrogens is 436 g/mol. The molecule has 35 heavy (non-hydrogen) atoms. The number of benzene rings is 3. The van der Waals surface area contributed by atoms with E-state index in [1.54, 1.807) is 0 Å². The SMILES string of the molecule is O=C(CCN1CCCCC1)N(Cc1ccc2c(c1)OCCO2)Cc1ccccc1-c1ccccc1. The predicted molar refractivity (Wildman–Crippen MR) is 138 cm³/mol. The van der Waals surface area contributed by atoms with Crippen LogP contribution in [0, 0.1) is 0 Å². The first-order chi connectivity index (χ1) is 17.3. The van der Waals surface area contributed by atoms with Gasteiger partial charge in [-0.1, -0.05) is 67.1 Å². The van der Waals surface area contributed by atoms with E-state index < -0.39 is 0 Å². The van der Waals surface area contributed by atoms with Crippen molar-refractivity contribution in [1.29, 1.82) is 0 Å². The molecule has 0 radical (unpaired) electrons. The molecular formula is C30H34N2O3. The fourth-order valence-electron chi connectivity index (χ4n) is 5.00. The van der Waals surface area contributed by atoms with Gasteiger partial charge in [-0.15, -0.1) is 0 Å². The molecule has 5 heteroatoms. The zero-order valence-electron chi connectivity index (χ0n) is 20.3. The molecule has 1 amide bonds. The third-order valence-electron chi connectivity index (χ3n) is 6.89. The zero-order valence-corrected chi connectivity index (χ0v) is 20.3. The van der Waals surface area contributed by atoms with E-state index in [2.05, 4.69) is 53.4 Å². The lowest BCUT2D eigenvalue weighted by molar-refractivity contribution is -0.132. The monoisotopic (exact) mass is 470 g/mol. The first-order valence-electron chi connectivity index (χ1n) is 12.8. The van der Waals surface area contributed by atoms with Crippen LogP contribution in [0.3, 0.4) is 0 Å². The lowest BCUT2D eigenvalue weighted by atomic mass is 9.99. The van der Waals surface area contributed by atoms with Crippen molar-refractivity contribution in [3.05, 3.63) is 83.9 Å². The molecule has 5 rings (SSSR count). The minimum Gasteiger partial charge on any atom is -0.486 e. The molecule has 1 fully saturated rings. The number of fused-ring (bicyclic) bond motifs is 1. The van der Waals surface area contributed by atoms with Gasteiger partial charge in [0.25, 0.3) is 0 Å². The van der Waals surface area contributed by atoms with Crippen molar-refractivity contribution in [2.75, 3.05) is 32.8 Å². The first kappa shape index (κ1) is 23.4. The maximum absolute atomic E-state index is 13.6. The van der Waals surface area contributed by atoms with Gasteiger partial charge in [-0.2, -0.15) is 0 Å². The number of rotatable bonds is 8. The van der Waals surface area contributed by atoms with Crippen molar-refractivity contribution in [3.63, 3.8) is 0 Å². The minimum atomic E-state index is 0.188. The van der Waals surface area contributed by atoms with Crippen LogP contribution in [-0.4, -0.2) is 48.6 Å². The van der Waals surface area contributed by atoms with E-state index in [-0.39, 0.29) is 5.91 Å². The Hall–Kier alpha value is -3.31. The Morgan fingerprint density at radius 1 is 0.800 bits per heavy atom. The summed E-state index contributed by atoms with van der Waals surface area (Å²) in [5, 5.41) is 0. The van der Waals surface area contributed by atoms with E-state index in [0.717, 1.165) is 42.3 Å². The lowest BCUT2D eigenvalue weighted by Gasteiger charge is -2.29. The fourth-order valence-corrected chi connectivity index (χ4v) is 5.00. The van der Waals surface area contributed by atoms with E-state index in [1.807, 2.05) is 29.2 Å². The molecule has 182 valence electrons. The number of carbonyl (C=O) groups excluding carboxylic acids is 1. The summed E-state index contributed by atoms with van der Waals surface area (Å²) < 4.78 is 11.5. The van der Waals surface area contributed by atoms with Crippen LogP contribution in [0.4, 0.5) is 0 Å². The Kier molecular flexibility index (Phi) is 7.64. The van der Waals surface area contributed by atoms with Gasteiger partial charge in [0.1, 0.15) is 13.2 Å². The molecule has 3 aromatic rings. The number of likely N-dealkylation sites (tertiary alicyclic amines) is 1. The summed E-state index contributed by atoms with van der Waals surface area (Å²) in [5.41, 5.74) is 4.55. The van der Waals surface area contributed by atoms with Gasteiger partial charge in [-0.3, -0.25) is 4.79 Å². The molecule has 0 bridgehead atoms. The topological polar surface area (TPSA) is 42.0 Å². The summed E-state index contributed by atoms with van der Waals surface area (Å²) in [5.74, 6) is 1.73. The highest BCUT2D eigenvalue weighted by Crippen LogP contribution is 2.32. The quantitative estimate of drug-likeness (QED) is 0.434. The van der Waals surface area contributed by atoms with Gasteiger partial charge in [0, 0.05) is 26.1 Å². The summed E-state index contributed by atoms with van der Waals surface area (Å²) in [6.07, 6.45) is 4.31. The second kappa shape index (κ2) is 11.4. The van der Waals surface area contributed by atoms with E-state index in [4.69, 9.17) is 9.47 Å². The fraction of sp³-hybridized carbons (Fsp3) is 0.367. The largest absolute Gasteiger partial charge is 0.486 e. The van der Waals surface area contributed by atoms with Crippen molar-refractivity contribution in [2.45, 2.75) is 38.8 Å². The number of carbonyl (C=O) groups is 1. The summed E-state index contributed by atoms with van der Waals surface area (Å²) >= 11 is 0. The lowest BCUT2D eigenvalue weighted by Crippen LogP contribution is -2.36. The van der Waals surface area contributed by atoms with Gasteiger partial charge in [-0.05, 0) is 60.3 Å². The second-order valence-corrected chi connectivity index (χ2v) is 9.40. The van der Waals surface area contributed by atoms with E-state index in [0.29, 0.717) is 32.7 Å². The van der Waals surface area contributed by atoms with Crippen LogP contribution in [0.1, 0.15) is 36.8 Å². The molecule has 2 aliphatic rings. The van der Waals surface area contributed by atoms with Crippen molar-refractivity contribution in [1.82, 2.24) is 9.80 Å². The third-order valence-corrected chi connectivity index (χ3v) is 6.89. The molecule has 0 unspecified atom stereocenters. The second-order valence-electron chi connectivity index (χ2n) is 9.40. The molecule has 0 N–H and O–H groups in total. The highest BCUT2D eigenvalue weighted by Gasteiger charge is 2.20. The molecule has 3 aromatic carbocycles. The van der Waals surface area contributed by atoms with E-state index >= 15 is 0 Å². The molecule has 0 spiro atoms. The molecule has 0 atom stereocenters. The zero-order chi connectivity index (χ0) is 23.9. The number of ether oxygens (including phenoxy) is 2. The summed E-state index contributed by atoms with van der Waals surface area (Å²) in [6, 6.07) is 24.8. The maximum Gasteiger partial charge on any atom is 0.224 e. The molecule has 1 saturated heterocycles. The van der Waals surface area contributed by atoms with E-state index in [9.17, 15) is 4.79 Å². The van der Waals surface area contributed by atoms with Crippen LogP contribution in [0.2, 0.25) is 0 Å². The van der Waals surface area contributed by atoms with Gasteiger partial charge in [0.2, 0.25) is 5.91 Å². The highest BCUT2D eigenvalue weighted by atomic mass is 16.6. The highest BCUT2D eigenvalue weighted by molar-refractivity contribution is 5.77. The summed E-state index contributed by atoms with van der Waals surface area (Å²) in [4.78, 5) is 18.0. The van der Waals surface area contributed by atoms with Gasteiger partial charge in [0.15, 0.2) is 11.5 Å². The minimum absolute atomic E-state index is 0.188. The van der Waals surface area contributed by atoms with Crippen LogP contribution in [0.5, 0.6) is 11.5 Å². The van der Waals surface area contributed by atoms with Crippen LogP contribution < -0.4 is 9.47 Å². The Labute approximate surface area is 208 Å². The van der Waals surface area contributed by atoms with Crippen molar-refractivity contribution in [2.24, 2.45) is 0 Å². The molecule has 0 aromatic heterocycles. The van der Waals surface area contributed by atoms with Crippen LogP contribution in [0.25, 0.3) is 11.1 Å². The Bertz CT molecular complexity index is 1130. The summed E-state index contributed by atoms with van der Waals surface area (Å²) in [6.45, 7) is 5.27. The Morgan fingerprint density at radius 3 is 2.37 bits per heavy atom. The van der Waals surface area contributed by atoms with Gasteiger partial charge in [-0.25, -0.2) is 0 Å². The van der Waals surface area contributed by atoms with Crippen molar-refractivity contribution >= 4 is 5.91 Å². The molecule has 0 saturated carbocycles. The Balaban J connectivity index is 1.37. The van der Waals surface area contributed by atoms with Gasteiger partial charge < -0.3 is 19.3 Å². The average Bonchev–Trinajstić information content (AvgIpc) is 2.92. The molecule has 2 aliphatic heterocycles. The average molecular weight is 471 g/mol. The van der Waals surface area contributed by atoms with E-state index in [1.165, 1.54) is 30.4 Å². The van der Waals surface area contributed by atoms with Crippen LogP contribution in [-0.2, 0) is 17.9 Å².